The standard InChI is InChI=1S/C2H5ClO4/c3-2(6,7)1(4)5/h1,4-7H. The van der Waals surface area contributed by atoms with Crippen LogP contribution < -0.4 is 0 Å². The van der Waals surface area contributed by atoms with Crippen molar-refractivity contribution >= 4 is 11.6 Å². The molecule has 0 aliphatic heterocycles. The molecule has 7 heavy (non-hydrogen) atoms. The average molecular weight is 129 g/mol. The van der Waals surface area contributed by atoms with Gasteiger partial charge in [0, 0.05) is 0 Å². The van der Waals surface area contributed by atoms with E-state index in [9.17, 15) is 0 Å². The van der Waals surface area contributed by atoms with Crippen LogP contribution in [-0.2, 0) is 0 Å². The Kier molecular flexibility index (Phi) is 1.97. The smallest absolute Gasteiger partial charge is 0.296 e. The van der Waals surface area contributed by atoms with E-state index in [4.69, 9.17) is 20.4 Å². The summed E-state index contributed by atoms with van der Waals surface area (Å²) < 4.78 is 0. The summed E-state index contributed by atoms with van der Waals surface area (Å²) in [5.74, 6) is 0. The molecular formula is C2H5ClO4. The van der Waals surface area contributed by atoms with Crippen LogP contribution in [0.2, 0.25) is 0 Å². The number of hydrogen-bond donors (Lipinski definition) is 4. The highest BCUT2D eigenvalue weighted by Crippen LogP contribution is 2.07. The van der Waals surface area contributed by atoms with Gasteiger partial charge >= 0.3 is 0 Å². The molecule has 0 amide bonds. The van der Waals surface area contributed by atoms with E-state index < -0.39 is 11.5 Å². The second-order valence-electron chi connectivity index (χ2n) is 1.01. The van der Waals surface area contributed by atoms with Crippen LogP contribution in [0.1, 0.15) is 0 Å². The molecule has 0 unspecified atom stereocenters. The normalized spacial score (nSPS) is 12.9. The first-order chi connectivity index (χ1) is 2.94. The monoisotopic (exact) mass is 128 g/mol. The summed E-state index contributed by atoms with van der Waals surface area (Å²) in [4.78, 5) is 0. The molecule has 0 aromatic heterocycles. The number of rotatable bonds is 1. The van der Waals surface area contributed by atoms with E-state index in [1.807, 2.05) is 0 Å². The van der Waals surface area contributed by atoms with Crippen molar-refractivity contribution in [2.24, 2.45) is 0 Å². The van der Waals surface area contributed by atoms with Gasteiger partial charge in [0.05, 0.1) is 0 Å². The van der Waals surface area contributed by atoms with Crippen molar-refractivity contribution in [2.45, 2.75) is 11.5 Å². The summed E-state index contributed by atoms with van der Waals surface area (Å²) >= 11 is 4.48. The summed E-state index contributed by atoms with van der Waals surface area (Å²) in [5.41, 5.74) is 0. The first-order valence-electron chi connectivity index (χ1n) is 1.44. The van der Waals surface area contributed by atoms with Gasteiger partial charge in [-0.2, -0.15) is 0 Å². The summed E-state index contributed by atoms with van der Waals surface area (Å²) in [6.45, 7) is 0. The van der Waals surface area contributed by atoms with Gasteiger partial charge in [-0.05, 0) is 0 Å². The highest BCUT2D eigenvalue weighted by Gasteiger charge is 2.27. The van der Waals surface area contributed by atoms with Crippen molar-refractivity contribution in [3.63, 3.8) is 0 Å². The van der Waals surface area contributed by atoms with Crippen LogP contribution in [0.5, 0.6) is 0 Å². The fourth-order valence-corrected chi connectivity index (χ4v) is 0. The molecule has 4 N–H and O–H groups in total. The van der Waals surface area contributed by atoms with Gasteiger partial charge in [0.1, 0.15) is 0 Å². The van der Waals surface area contributed by atoms with E-state index in [0.29, 0.717) is 0 Å². The van der Waals surface area contributed by atoms with Crippen molar-refractivity contribution in [3.05, 3.63) is 0 Å². The topological polar surface area (TPSA) is 80.9 Å². The zero-order valence-electron chi connectivity index (χ0n) is 3.24. The van der Waals surface area contributed by atoms with Crippen molar-refractivity contribution < 1.29 is 20.4 Å². The van der Waals surface area contributed by atoms with Gasteiger partial charge in [-0.25, -0.2) is 0 Å². The third-order valence-electron chi connectivity index (χ3n) is 0.329. The summed E-state index contributed by atoms with van der Waals surface area (Å²) in [6, 6.07) is 0. The van der Waals surface area contributed by atoms with E-state index in [0.717, 1.165) is 0 Å². The number of aliphatic hydroxyl groups is 4. The van der Waals surface area contributed by atoms with E-state index in [1.54, 1.807) is 0 Å². The van der Waals surface area contributed by atoms with Crippen LogP contribution >= 0.6 is 11.6 Å². The summed E-state index contributed by atoms with van der Waals surface area (Å²) in [5, 5.41) is 28.5. The predicted molar refractivity (Wildman–Crippen MR) is 21.2 cm³/mol. The predicted octanol–water partition coefficient (Wildman–Crippen LogP) is -1.83. The molecule has 0 atom stereocenters. The van der Waals surface area contributed by atoms with Crippen molar-refractivity contribution in [1.82, 2.24) is 0 Å². The largest absolute Gasteiger partial charge is 0.363 e. The molecule has 0 radical (unpaired) electrons. The molecule has 0 saturated heterocycles. The maximum Gasteiger partial charge on any atom is 0.296 e. The van der Waals surface area contributed by atoms with Gasteiger partial charge in [-0.1, -0.05) is 11.6 Å². The van der Waals surface area contributed by atoms with Crippen LogP contribution in [-0.4, -0.2) is 32.0 Å². The Morgan fingerprint density at radius 3 is 1.43 bits per heavy atom. The molecule has 0 bridgehead atoms. The SMILES string of the molecule is OC(O)C(O)(O)Cl. The molecule has 0 saturated carbocycles. The number of alkyl halides is 1. The lowest BCUT2D eigenvalue weighted by atomic mass is 10.6. The van der Waals surface area contributed by atoms with Crippen LogP contribution in [0.3, 0.4) is 0 Å². The third kappa shape index (κ3) is 2.78. The molecule has 4 nitrogen and oxygen atoms in total. The van der Waals surface area contributed by atoms with Gasteiger partial charge in [-0.3, -0.25) is 0 Å². The molecule has 0 aromatic rings. The molecule has 44 valence electrons. The lowest BCUT2D eigenvalue weighted by Crippen LogP contribution is -2.35. The van der Waals surface area contributed by atoms with Crippen LogP contribution in [0.25, 0.3) is 0 Å². The molecule has 0 aliphatic rings. The molecule has 0 rings (SSSR count). The highest BCUT2D eigenvalue weighted by molar-refractivity contribution is 6.21. The van der Waals surface area contributed by atoms with E-state index in [-0.39, 0.29) is 0 Å². The molecule has 0 aromatic carbocycles. The van der Waals surface area contributed by atoms with Gasteiger partial charge in [0.25, 0.3) is 5.25 Å². The highest BCUT2D eigenvalue weighted by atomic mass is 35.5. The third-order valence-corrected chi connectivity index (χ3v) is 0.524. The molecule has 0 heterocycles. The maximum atomic E-state index is 7.92. The van der Waals surface area contributed by atoms with Gasteiger partial charge < -0.3 is 20.4 Å². The zero-order chi connectivity index (χ0) is 6.08. The van der Waals surface area contributed by atoms with E-state index >= 15 is 0 Å². The molecule has 0 aliphatic carbocycles. The second kappa shape index (κ2) is 1.94. The molecular weight excluding hydrogens is 123 g/mol. The Morgan fingerprint density at radius 2 is 1.43 bits per heavy atom. The summed E-state index contributed by atoms with van der Waals surface area (Å²) in [7, 11) is 0. The Bertz CT molecular complexity index is 55.2. The van der Waals surface area contributed by atoms with E-state index in [1.165, 1.54) is 0 Å². The van der Waals surface area contributed by atoms with Crippen molar-refractivity contribution in [3.8, 4) is 0 Å². The van der Waals surface area contributed by atoms with Gasteiger partial charge in [0.2, 0.25) is 6.29 Å². The minimum absolute atomic E-state index is 2.32. The Hall–Kier alpha value is 0.130. The summed E-state index contributed by atoms with van der Waals surface area (Å²) in [6.07, 6.45) is -2.32. The Labute approximate surface area is 44.6 Å². The van der Waals surface area contributed by atoms with E-state index in [2.05, 4.69) is 11.6 Å². The fourth-order valence-electron chi connectivity index (χ4n) is 0. The maximum absolute atomic E-state index is 7.92. The van der Waals surface area contributed by atoms with Crippen molar-refractivity contribution in [1.29, 1.82) is 0 Å². The lowest BCUT2D eigenvalue weighted by Gasteiger charge is -2.13. The average Bonchev–Trinajstić information content (AvgIpc) is 1.31. The Morgan fingerprint density at radius 1 is 1.29 bits per heavy atom. The van der Waals surface area contributed by atoms with Crippen LogP contribution in [0.15, 0.2) is 0 Å². The van der Waals surface area contributed by atoms with Crippen molar-refractivity contribution in [2.75, 3.05) is 0 Å². The van der Waals surface area contributed by atoms with Gasteiger partial charge in [0.15, 0.2) is 0 Å². The quantitative estimate of drug-likeness (QED) is 0.248. The van der Waals surface area contributed by atoms with Crippen LogP contribution in [0.4, 0.5) is 0 Å². The lowest BCUT2D eigenvalue weighted by molar-refractivity contribution is -0.237. The van der Waals surface area contributed by atoms with Crippen LogP contribution in [0, 0.1) is 0 Å². The minimum atomic E-state index is -2.92. The number of hydrogen-bond acceptors (Lipinski definition) is 4. The van der Waals surface area contributed by atoms with Gasteiger partial charge in [-0.15, -0.1) is 0 Å². The fraction of sp³-hybridized carbons (Fsp3) is 1.00. The molecule has 5 heteroatoms. The first-order valence-corrected chi connectivity index (χ1v) is 1.82. The minimum Gasteiger partial charge on any atom is -0.363 e. The number of aliphatic hydroxyl groups excluding tert-OH is 1. The first kappa shape index (κ1) is 7.13. The molecule has 0 fully saturated rings. The molecule has 0 spiro atoms. The second-order valence-corrected chi connectivity index (χ2v) is 1.57. The Balaban J connectivity index is 3.54. The number of halogens is 1. The zero-order valence-corrected chi connectivity index (χ0v) is 4.00.